The van der Waals surface area contributed by atoms with E-state index >= 15 is 0 Å². The Morgan fingerprint density at radius 1 is 0.846 bits per heavy atom. The topological polar surface area (TPSA) is 89.4 Å². The molecular weight excluding hydrogens is 558 g/mol. The molecule has 0 saturated heterocycles. The fourth-order valence-corrected chi connectivity index (χ4v) is 4.80. The predicted molar refractivity (Wildman–Crippen MR) is 156 cm³/mol. The van der Waals surface area contributed by atoms with Crippen molar-refractivity contribution in [1.29, 1.82) is 0 Å². The van der Waals surface area contributed by atoms with Gasteiger partial charge in [0.2, 0.25) is 0 Å². The molecule has 0 aliphatic carbocycles. The second-order valence-electron chi connectivity index (χ2n) is 8.80. The number of nitrogens with one attached hydrogen (secondary N) is 2. The summed E-state index contributed by atoms with van der Waals surface area (Å²) in [5.41, 5.74) is 8.73. The zero-order valence-electron chi connectivity index (χ0n) is 21.0. The number of rotatable bonds is 7. The SMILES string of the molecule is COC(=O)c1c(-c2ccccc2)c2cc(Br)ccc2c(=O)n1Cc1ccc(C(=O)NNc2ccccc2)cc1. The number of fused-ring (bicyclic) bond motifs is 1. The number of ether oxygens (including phenoxy) is 1. The highest BCUT2D eigenvalue weighted by Crippen LogP contribution is 2.33. The Kier molecular flexibility index (Phi) is 7.56. The van der Waals surface area contributed by atoms with Crippen LogP contribution in [-0.4, -0.2) is 23.6 Å². The zero-order chi connectivity index (χ0) is 27.4. The summed E-state index contributed by atoms with van der Waals surface area (Å²) in [5.74, 6) is -0.920. The molecule has 0 atom stereocenters. The molecule has 194 valence electrons. The number of amides is 1. The van der Waals surface area contributed by atoms with Crippen molar-refractivity contribution in [3.8, 4) is 11.1 Å². The summed E-state index contributed by atoms with van der Waals surface area (Å²) in [6.45, 7) is 0.110. The maximum absolute atomic E-state index is 13.7. The highest BCUT2D eigenvalue weighted by Gasteiger charge is 2.24. The maximum atomic E-state index is 13.7. The Labute approximate surface area is 233 Å². The van der Waals surface area contributed by atoms with Crippen molar-refractivity contribution in [2.45, 2.75) is 6.54 Å². The van der Waals surface area contributed by atoms with Gasteiger partial charge >= 0.3 is 5.97 Å². The van der Waals surface area contributed by atoms with Crippen LogP contribution in [0.15, 0.2) is 112 Å². The first-order chi connectivity index (χ1) is 19.0. The maximum Gasteiger partial charge on any atom is 0.355 e. The Morgan fingerprint density at radius 2 is 1.51 bits per heavy atom. The second-order valence-corrected chi connectivity index (χ2v) is 9.72. The van der Waals surface area contributed by atoms with E-state index in [1.807, 2.05) is 66.7 Å². The average molecular weight is 582 g/mol. The number of esters is 1. The lowest BCUT2D eigenvalue weighted by molar-refractivity contribution is 0.0588. The minimum absolute atomic E-state index is 0.110. The first-order valence-corrected chi connectivity index (χ1v) is 13.0. The number of aromatic nitrogens is 1. The highest BCUT2D eigenvalue weighted by atomic mass is 79.9. The number of anilines is 1. The van der Waals surface area contributed by atoms with Gasteiger partial charge in [0, 0.05) is 21.0 Å². The number of carbonyl (C=O) groups is 2. The summed E-state index contributed by atoms with van der Waals surface area (Å²) < 4.78 is 7.38. The largest absolute Gasteiger partial charge is 0.464 e. The van der Waals surface area contributed by atoms with Gasteiger partial charge in [0.1, 0.15) is 5.69 Å². The Balaban J connectivity index is 1.54. The van der Waals surface area contributed by atoms with Gasteiger partial charge in [0.05, 0.1) is 19.3 Å². The summed E-state index contributed by atoms with van der Waals surface area (Å²) in [6.07, 6.45) is 0. The smallest absolute Gasteiger partial charge is 0.355 e. The van der Waals surface area contributed by atoms with E-state index in [1.54, 1.807) is 36.4 Å². The molecular formula is C31H24BrN3O4. The van der Waals surface area contributed by atoms with Gasteiger partial charge in [-0.15, -0.1) is 0 Å². The molecule has 0 spiro atoms. The van der Waals surface area contributed by atoms with E-state index in [0.29, 0.717) is 21.9 Å². The van der Waals surface area contributed by atoms with Gasteiger partial charge in [0.25, 0.3) is 11.5 Å². The molecule has 5 aromatic rings. The van der Waals surface area contributed by atoms with Crippen molar-refractivity contribution in [3.05, 3.63) is 135 Å². The predicted octanol–water partition coefficient (Wildman–Crippen LogP) is 6.02. The summed E-state index contributed by atoms with van der Waals surface area (Å²) in [4.78, 5) is 39.5. The van der Waals surface area contributed by atoms with E-state index in [9.17, 15) is 14.4 Å². The van der Waals surface area contributed by atoms with E-state index < -0.39 is 5.97 Å². The van der Waals surface area contributed by atoms with Crippen LogP contribution < -0.4 is 16.4 Å². The molecule has 7 nitrogen and oxygen atoms in total. The number of para-hydroxylation sites is 1. The highest BCUT2D eigenvalue weighted by molar-refractivity contribution is 9.10. The van der Waals surface area contributed by atoms with Gasteiger partial charge < -0.3 is 4.74 Å². The number of methoxy groups -OCH3 is 1. The first kappa shape index (κ1) is 25.9. The van der Waals surface area contributed by atoms with Crippen LogP contribution in [0.25, 0.3) is 21.9 Å². The number of hydrazine groups is 1. The molecule has 0 bridgehead atoms. The Hall–Kier alpha value is -4.69. The number of benzene rings is 4. The number of pyridine rings is 1. The number of hydrogen-bond acceptors (Lipinski definition) is 5. The van der Waals surface area contributed by atoms with Crippen LogP contribution in [-0.2, 0) is 11.3 Å². The minimum atomic E-state index is -0.615. The third kappa shape index (κ3) is 5.46. The molecule has 1 aromatic heterocycles. The molecule has 5 rings (SSSR count). The Morgan fingerprint density at radius 3 is 2.18 bits per heavy atom. The van der Waals surface area contributed by atoms with E-state index in [0.717, 1.165) is 21.3 Å². The van der Waals surface area contributed by atoms with Gasteiger partial charge in [-0.2, -0.15) is 0 Å². The van der Waals surface area contributed by atoms with Crippen LogP contribution in [0.4, 0.5) is 5.69 Å². The van der Waals surface area contributed by atoms with Gasteiger partial charge in [-0.3, -0.25) is 25.0 Å². The molecule has 39 heavy (non-hydrogen) atoms. The number of carbonyl (C=O) groups excluding carboxylic acids is 2. The quantitative estimate of drug-likeness (QED) is 0.181. The number of nitrogens with zero attached hydrogens (tertiary/aromatic N) is 1. The van der Waals surface area contributed by atoms with Crippen LogP contribution in [0.5, 0.6) is 0 Å². The van der Waals surface area contributed by atoms with Crippen molar-refractivity contribution in [3.63, 3.8) is 0 Å². The third-order valence-corrected chi connectivity index (χ3v) is 6.82. The molecule has 0 aliphatic rings. The van der Waals surface area contributed by atoms with Gasteiger partial charge in [-0.25, -0.2) is 4.79 Å². The molecule has 4 aromatic carbocycles. The summed E-state index contributed by atoms with van der Waals surface area (Å²) in [7, 11) is 1.30. The van der Waals surface area contributed by atoms with Crippen molar-refractivity contribution in [2.24, 2.45) is 0 Å². The monoisotopic (exact) mass is 581 g/mol. The van der Waals surface area contributed by atoms with Gasteiger partial charge in [0.15, 0.2) is 0 Å². The van der Waals surface area contributed by atoms with Crippen LogP contribution in [0.2, 0.25) is 0 Å². The lowest BCUT2D eigenvalue weighted by atomic mass is 9.96. The lowest BCUT2D eigenvalue weighted by Crippen LogP contribution is -2.29. The van der Waals surface area contributed by atoms with Crippen LogP contribution in [0.1, 0.15) is 26.4 Å². The van der Waals surface area contributed by atoms with Gasteiger partial charge in [-0.1, -0.05) is 76.6 Å². The second kappa shape index (κ2) is 11.4. The zero-order valence-corrected chi connectivity index (χ0v) is 22.6. The molecule has 0 saturated carbocycles. The standard InChI is InChI=1S/C31H24BrN3O4/c1-39-31(38)28-27(21-8-4-2-5-9-21)26-18-23(32)16-17-25(26)30(37)35(28)19-20-12-14-22(15-13-20)29(36)34-33-24-10-6-3-7-11-24/h2-18,33H,19H2,1H3,(H,34,36). The molecule has 1 heterocycles. The van der Waals surface area contributed by atoms with E-state index in [2.05, 4.69) is 26.8 Å². The van der Waals surface area contributed by atoms with Crippen molar-refractivity contribution >= 4 is 44.3 Å². The molecule has 0 radical (unpaired) electrons. The van der Waals surface area contributed by atoms with Crippen LogP contribution in [0.3, 0.4) is 0 Å². The molecule has 2 N–H and O–H groups in total. The fraction of sp³-hybridized carbons (Fsp3) is 0.0645. The minimum Gasteiger partial charge on any atom is -0.464 e. The number of hydrogen-bond donors (Lipinski definition) is 2. The van der Waals surface area contributed by atoms with Crippen molar-refractivity contribution < 1.29 is 14.3 Å². The van der Waals surface area contributed by atoms with Crippen molar-refractivity contribution in [1.82, 2.24) is 9.99 Å². The molecule has 0 unspecified atom stereocenters. The summed E-state index contributed by atoms with van der Waals surface area (Å²) in [5, 5.41) is 1.13. The molecule has 0 fully saturated rings. The fourth-order valence-electron chi connectivity index (χ4n) is 4.44. The lowest BCUT2D eigenvalue weighted by Gasteiger charge is -2.19. The number of halogens is 1. The van der Waals surface area contributed by atoms with E-state index in [-0.39, 0.29) is 23.7 Å². The van der Waals surface area contributed by atoms with Crippen LogP contribution >= 0.6 is 15.9 Å². The summed E-state index contributed by atoms with van der Waals surface area (Å²) in [6, 6.07) is 31.0. The van der Waals surface area contributed by atoms with Crippen molar-refractivity contribution in [2.75, 3.05) is 12.5 Å². The molecule has 0 aliphatic heterocycles. The molecule has 8 heteroatoms. The summed E-state index contributed by atoms with van der Waals surface area (Å²) >= 11 is 3.50. The van der Waals surface area contributed by atoms with Crippen LogP contribution in [0, 0.1) is 0 Å². The normalized spacial score (nSPS) is 10.7. The average Bonchev–Trinajstić information content (AvgIpc) is 2.98. The third-order valence-electron chi connectivity index (χ3n) is 6.33. The van der Waals surface area contributed by atoms with E-state index in [4.69, 9.17) is 4.74 Å². The van der Waals surface area contributed by atoms with Gasteiger partial charge in [-0.05, 0) is 59.0 Å². The first-order valence-electron chi connectivity index (χ1n) is 12.2. The Bertz CT molecular complexity index is 1720. The van der Waals surface area contributed by atoms with E-state index in [1.165, 1.54) is 11.7 Å². The molecule has 1 amide bonds.